The van der Waals surface area contributed by atoms with Gasteiger partial charge in [0.25, 0.3) is 0 Å². The highest BCUT2D eigenvalue weighted by Crippen LogP contribution is 2.10. The lowest BCUT2D eigenvalue weighted by molar-refractivity contribution is 0.250. The zero-order chi connectivity index (χ0) is 13.4. The summed E-state index contributed by atoms with van der Waals surface area (Å²) in [5.41, 5.74) is 2.00. The number of nitrogens with one attached hydrogen (secondary N) is 3. The quantitative estimate of drug-likeness (QED) is 0.679. The van der Waals surface area contributed by atoms with Crippen molar-refractivity contribution in [3.8, 4) is 0 Å². The number of carbonyl (C=O) groups excluding carboxylic acids is 1. The van der Waals surface area contributed by atoms with E-state index in [9.17, 15) is 4.79 Å². The molecule has 0 aromatic heterocycles. The Morgan fingerprint density at radius 1 is 1.33 bits per heavy atom. The van der Waals surface area contributed by atoms with Gasteiger partial charge in [0.05, 0.1) is 0 Å². The molecule has 18 heavy (non-hydrogen) atoms. The molecule has 0 saturated carbocycles. The van der Waals surface area contributed by atoms with Crippen molar-refractivity contribution < 1.29 is 4.79 Å². The molecule has 4 heteroatoms. The SMILES string of the molecule is CCCNCc1cccc(NC(=O)NC(C)C)c1. The lowest BCUT2D eigenvalue weighted by atomic mass is 10.2. The fourth-order valence-corrected chi connectivity index (χ4v) is 1.60. The first-order valence-electron chi connectivity index (χ1n) is 6.49. The third-order valence-electron chi connectivity index (χ3n) is 2.36. The molecule has 0 aliphatic carbocycles. The summed E-state index contributed by atoms with van der Waals surface area (Å²) in [7, 11) is 0. The fraction of sp³-hybridized carbons (Fsp3) is 0.500. The Morgan fingerprint density at radius 3 is 2.78 bits per heavy atom. The summed E-state index contributed by atoms with van der Waals surface area (Å²) in [5, 5.41) is 8.96. The largest absolute Gasteiger partial charge is 0.336 e. The van der Waals surface area contributed by atoms with Crippen LogP contribution < -0.4 is 16.0 Å². The van der Waals surface area contributed by atoms with Crippen molar-refractivity contribution in [3.63, 3.8) is 0 Å². The van der Waals surface area contributed by atoms with E-state index in [0.717, 1.165) is 25.2 Å². The summed E-state index contributed by atoms with van der Waals surface area (Å²) in [4.78, 5) is 11.6. The van der Waals surface area contributed by atoms with Gasteiger partial charge in [0, 0.05) is 18.3 Å². The normalized spacial score (nSPS) is 10.4. The van der Waals surface area contributed by atoms with Gasteiger partial charge in [0.2, 0.25) is 0 Å². The van der Waals surface area contributed by atoms with Crippen LogP contribution >= 0.6 is 0 Å². The molecule has 2 amide bonds. The summed E-state index contributed by atoms with van der Waals surface area (Å²) in [6.07, 6.45) is 1.12. The van der Waals surface area contributed by atoms with Crippen LogP contribution in [0.4, 0.5) is 10.5 Å². The van der Waals surface area contributed by atoms with E-state index in [0.29, 0.717) is 0 Å². The lowest BCUT2D eigenvalue weighted by Gasteiger charge is -2.11. The topological polar surface area (TPSA) is 53.2 Å². The molecule has 0 fully saturated rings. The van der Waals surface area contributed by atoms with Gasteiger partial charge in [0.1, 0.15) is 0 Å². The van der Waals surface area contributed by atoms with E-state index >= 15 is 0 Å². The lowest BCUT2D eigenvalue weighted by Crippen LogP contribution is -2.34. The second-order valence-corrected chi connectivity index (χ2v) is 4.63. The molecule has 4 nitrogen and oxygen atoms in total. The van der Waals surface area contributed by atoms with Gasteiger partial charge < -0.3 is 16.0 Å². The minimum atomic E-state index is -0.163. The number of carbonyl (C=O) groups is 1. The minimum Gasteiger partial charge on any atom is -0.336 e. The second-order valence-electron chi connectivity index (χ2n) is 4.63. The second kappa shape index (κ2) is 7.71. The molecular formula is C14H23N3O. The molecule has 0 aliphatic heterocycles. The van der Waals surface area contributed by atoms with Gasteiger partial charge in [-0.1, -0.05) is 19.1 Å². The summed E-state index contributed by atoms with van der Waals surface area (Å²) < 4.78 is 0. The predicted octanol–water partition coefficient (Wildman–Crippen LogP) is 2.72. The molecule has 1 aromatic rings. The Balaban J connectivity index is 2.51. The van der Waals surface area contributed by atoms with Crippen LogP contribution in [0.5, 0.6) is 0 Å². The first kappa shape index (κ1) is 14.5. The molecule has 1 aromatic carbocycles. The van der Waals surface area contributed by atoms with Crippen LogP contribution in [0.3, 0.4) is 0 Å². The number of hydrogen-bond donors (Lipinski definition) is 3. The maximum absolute atomic E-state index is 11.6. The molecular weight excluding hydrogens is 226 g/mol. The van der Waals surface area contributed by atoms with Gasteiger partial charge in [-0.15, -0.1) is 0 Å². The van der Waals surface area contributed by atoms with E-state index in [4.69, 9.17) is 0 Å². The molecule has 0 saturated heterocycles. The van der Waals surface area contributed by atoms with Crippen molar-refractivity contribution >= 4 is 11.7 Å². The Morgan fingerprint density at radius 2 is 2.11 bits per heavy atom. The van der Waals surface area contributed by atoms with E-state index in [1.165, 1.54) is 5.56 Å². The third-order valence-corrected chi connectivity index (χ3v) is 2.36. The highest BCUT2D eigenvalue weighted by Gasteiger charge is 2.03. The number of hydrogen-bond acceptors (Lipinski definition) is 2. The molecule has 0 heterocycles. The van der Waals surface area contributed by atoms with E-state index in [-0.39, 0.29) is 12.1 Å². The predicted molar refractivity (Wildman–Crippen MR) is 75.7 cm³/mol. The summed E-state index contributed by atoms with van der Waals surface area (Å²) >= 11 is 0. The zero-order valence-corrected chi connectivity index (χ0v) is 11.4. The molecule has 0 radical (unpaired) electrons. The fourth-order valence-electron chi connectivity index (χ4n) is 1.60. The van der Waals surface area contributed by atoms with E-state index in [1.54, 1.807) is 0 Å². The van der Waals surface area contributed by atoms with Crippen molar-refractivity contribution in [3.05, 3.63) is 29.8 Å². The van der Waals surface area contributed by atoms with E-state index in [2.05, 4.69) is 22.9 Å². The first-order chi connectivity index (χ1) is 8.61. The summed E-state index contributed by atoms with van der Waals surface area (Å²) in [6.45, 7) is 7.84. The Bertz CT molecular complexity index is 377. The number of rotatable bonds is 6. The first-order valence-corrected chi connectivity index (χ1v) is 6.49. The van der Waals surface area contributed by atoms with Gasteiger partial charge >= 0.3 is 6.03 Å². The van der Waals surface area contributed by atoms with Crippen molar-refractivity contribution in [1.82, 2.24) is 10.6 Å². The average Bonchev–Trinajstić information content (AvgIpc) is 2.28. The number of benzene rings is 1. The average molecular weight is 249 g/mol. The van der Waals surface area contributed by atoms with Gasteiger partial charge in [0.15, 0.2) is 0 Å². The molecule has 1 rings (SSSR count). The summed E-state index contributed by atoms with van der Waals surface area (Å²) in [5.74, 6) is 0. The van der Waals surface area contributed by atoms with Crippen molar-refractivity contribution in [1.29, 1.82) is 0 Å². The smallest absolute Gasteiger partial charge is 0.319 e. The van der Waals surface area contributed by atoms with Crippen LogP contribution in [-0.2, 0) is 6.54 Å². The highest BCUT2D eigenvalue weighted by atomic mass is 16.2. The van der Waals surface area contributed by atoms with Crippen LogP contribution in [0, 0.1) is 0 Å². The van der Waals surface area contributed by atoms with Crippen LogP contribution in [-0.4, -0.2) is 18.6 Å². The highest BCUT2D eigenvalue weighted by molar-refractivity contribution is 5.89. The van der Waals surface area contributed by atoms with Crippen LogP contribution in [0.25, 0.3) is 0 Å². The van der Waals surface area contributed by atoms with E-state index < -0.39 is 0 Å². The van der Waals surface area contributed by atoms with Crippen LogP contribution in [0.15, 0.2) is 24.3 Å². The number of urea groups is 1. The number of anilines is 1. The monoisotopic (exact) mass is 249 g/mol. The molecule has 0 atom stereocenters. The van der Waals surface area contributed by atoms with Crippen molar-refractivity contribution in [2.75, 3.05) is 11.9 Å². The van der Waals surface area contributed by atoms with Crippen molar-refractivity contribution in [2.24, 2.45) is 0 Å². The molecule has 100 valence electrons. The third kappa shape index (κ3) is 5.68. The van der Waals surface area contributed by atoms with Crippen LogP contribution in [0.1, 0.15) is 32.8 Å². The maximum atomic E-state index is 11.6. The Hall–Kier alpha value is -1.55. The molecule has 0 unspecified atom stereocenters. The Kier molecular flexibility index (Phi) is 6.22. The van der Waals surface area contributed by atoms with Crippen molar-refractivity contribution in [2.45, 2.75) is 39.8 Å². The van der Waals surface area contributed by atoms with Gasteiger partial charge in [-0.2, -0.15) is 0 Å². The number of amides is 2. The summed E-state index contributed by atoms with van der Waals surface area (Å²) in [6, 6.07) is 7.86. The Labute approximate surface area is 109 Å². The van der Waals surface area contributed by atoms with Gasteiger partial charge in [-0.3, -0.25) is 0 Å². The maximum Gasteiger partial charge on any atom is 0.319 e. The molecule has 0 spiro atoms. The van der Waals surface area contributed by atoms with Crippen LogP contribution in [0.2, 0.25) is 0 Å². The van der Waals surface area contributed by atoms with Gasteiger partial charge in [-0.05, 0) is 44.5 Å². The standard InChI is InChI=1S/C14H23N3O/c1-4-8-15-10-12-6-5-7-13(9-12)17-14(18)16-11(2)3/h5-7,9,11,15H,4,8,10H2,1-3H3,(H2,16,17,18). The zero-order valence-electron chi connectivity index (χ0n) is 11.4. The molecule has 0 aliphatic rings. The molecule has 3 N–H and O–H groups in total. The molecule has 0 bridgehead atoms. The van der Waals surface area contributed by atoms with E-state index in [1.807, 2.05) is 38.1 Å². The van der Waals surface area contributed by atoms with Gasteiger partial charge in [-0.25, -0.2) is 4.79 Å². The minimum absolute atomic E-state index is 0.138.